The van der Waals surface area contributed by atoms with E-state index in [9.17, 15) is 14.4 Å². The Bertz CT molecular complexity index is 656. The van der Waals surface area contributed by atoms with Crippen molar-refractivity contribution in [3.63, 3.8) is 0 Å². The number of nitrogens with one attached hydrogen (secondary N) is 1. The van der Waals surface area contributed by atoms with Gasteiger partial charge in [0.2, 0.25) is 0 Å². The van der Waals surface area contributed by atoms with Crippen molar-refractivity contribution in [2.45, 2.75) is 44.6 Å². The zero-order chi connectivity index (χ0) is 19.1. The van der Waals surface area contributed by atoms with Crippen molar-refractivity contribution in [3.8, 4) is 0 Å². The summed E-state index contributed by atoms with van der Waals surface area (Å²) in [7, 11) is 3.34. The molecule has 0 unspecified atom stereocenters. The molecule has 7 heteroatoms. The van der Waals surface area contributed by atoms with Gasteiger partial charge in [0.15, 0.2) is 0 Å². The predicted molar refractivity (Wildman–Crippen MR) is 99.3 cm³/mol. The number of aliphatic carboxylic acids is 1. The summed E-state index contributed by atoms with van der Waals surface area (Å²) >= 11 is 0. The Morgan fingerprint density at radius 3 is 2.42 bits per heavy atom. The first kappa shape index (κ1) is 19.8. The number of amides is 3. The number of hydrogen-bond donors (Lipinski definition) is 2. The topological polar surface area (TPSA) is 90.0 Å². The first-order chi connectivity index (χ1) is 12.4. The molecule has 1 saturated carbocycles. The number of carboxylic acids is 1. The second-order valence-electron chi connectivity index (χ2n) is 6.75. The van der Waals surface area contributed by atoms with Crippen molar-refractivity contribution in [1.29, 1.82) is 0 Å². The van der Waals surface area contributed by atoms with Gasteiger partial charge in [-0.2, -0.15) is 0 Å². The molecule has 0 bridgehead atoms. The molecule has 0 aliphatic heterocycles. The summed E-state index contributed by atoms with van der Waals surface area (Å²) in [6.07, 6.45) is 5.37. The van der Waals surface area contributed by atoms with Crippen LogP contribution >= 0.6 is 0 Å². The number of para-hydroxylation sites is 1. The molecular formula is C19H27N3O4. The summed E-state index contributed by atoms with van der Waals surface area (Å²) in [6, 6.07) is 6.71. The van der Waals surface area contributed by atoms with Gasteiger partial charge in [0.05, 0.1) is 17.7 Å². The van der Waals surface area contributed by atoms with E-state index in [4.69, 9.17) is 5.11 Å². The van der Waals surface area contributed by atoms with Crippen LogP contribution in [0.25, 0.3) is 0 Å². The number of urea groups is 1. The summed E-state index contributed by atoms with van der Waals surface area (Å²) < 4.78 is 0. The molecule has 2 rings (SSSR count). The Labute approximate surface area is 154 Å². The summed E-state index contributed by atoms with van der Waals surface area (Å²) in [5, 5.41) is 11.4. The van der Waals surface area contributed by atoms with Gasteiger partial charge in [-0.05, 0) is 25.0 Å². The Morgan fingerprint density at radius 2 is 1.77 bits per heavy atom. The van der Waals surface area contributed by atoms with Crippen LogP contribution in [0.5, 0.6) is 0 Å². The van der Waals surface area contributed by atoms with Gasteiger partial charge in [-0.1, -0.05) is 31.4 Å². The third-order valence-electron chi connectivity index (χ3n) is 4.85. The molecule has 0 aromatic heterocycles. The molecule has 7 nitrogen and oxygen atoms in total. The van der Waals surface area contributed by atoms with Gasteiger partial charge in [0.25, 0.3) is 5.91 Å². The molecule has 2 N–H and O–H groups in total. The van der Waals surface area contributed by atoms with E-state index >= 15 is 0 Å². The van der Waals surface area contributed by atoms with Crippen molar-refractivity contribution in [2.75, 3.05) is 26.0 Å². The fraction of sp³-hybridized carbons (Fsp3) is 0.526. The molecule has 3 amide bonds. The third kappa shape index (κ3) is 5.21. The highest BCUT2D eigenvalue weighted by atomic mass is 16.4. The van der Waals surface area contributed by atoms with Crippen LogP contribution in [0, 0.1) is 0 Å². The standard InChI is InChI=1S/C19H27N3O4/c1-21(13-12-17(23)24)19(26)20-16-11-7-6-10-15(16)18(25)22(2)14-8-4-3-5-9-14/h6-7,10-11,14H,3-5,8-9,12-13H2,1-2H3,(H,20,26)(H,23,24). The number of anilines is 1. The maximum absolute atomic E-state index is 12.9. The van der Waals surface area contributed by atoms with E-state index in [0.29, 0.717) is 11.3 Å². The molecule has 0 radical (unpaired) electrons. The molecule has 1 fully saturated rings. The fourth-order valence-electron chi connectivity index (χ4n) is 3.18. The smallest absolute Gasteiger partial charge is 0.321 e. The lowest BCUT2D eigenvalue weighted by atomic mass is 9.94. The molecule has 0 atom stereocenters. The van der Waals surface area contributed by atoms with Crippen molar-refractivity contribution in [2.24, 2.45) is 0 Å². The molecule has 1 aromatic carbocycles. The lowest BCUT2D eigenvalue weighted by molar-refractivity contribution is -0.137. The van der Waals surface area contributed by atoms with Crippen LogP contribution < -0.4 is 5.32 Å². The average Bonchev–Trinajstić information content (AvgIpc) is 2.66. The Balaban J connectivity index is 2.07. The van der Waals surface area contributed by atoms with Crippen LogP contribution in [0.1, 0.15) is 48.9 Å². The monoisotopic (exact) mass is 361 g/mol. The van der Waals surface area contributed by atoms with E-state index in [1.807, 2.05) is 7.05 Å². The minimum Gasteiger partial charge on any atom is -0.481 e. The van der Waals surface area contributed by atoms with E-state index in [-0.39, 0.29) is 24.9 Å². The predicted octanol–water partition coefficient (Wildman–Crippen LogP) is 3.03. The molecule has 1 aliphatic rings. The quantitative estimate of drug-likeness (QED) is 0.815. The van der Waals surface area contributed by atoms with E-state index < -0.39 is 12.0 Å². The number of hydrogen-bond acceptors (Lipinski definition) is 3. The second-order valence-corrected chi connectivity index (χ2v) is 6.75. The van der Waals surface area contributed by atoms with Gasteiger partial charge in [-0.3, -0.25) is 9.59 Å². The third-order valence-corrected chi connectivity index (χ3v) is 4.85. The normalized spacial score (nSPS) is 14.5. The zero-order valence-electron chi connectivity index (χ0n) is 15.4. The van der Waals surface area contributed by atoms with Crippen LogP contribution in [0.15, 0.2) is 24.3 Å². The van der Waals surface area contributed by atoms with Gasteiger partial charge in [-0.25, -0.2) is 4.79 Å². The summed E-state index contributed by atoms with van der Waals surface area (Å²) in [6.45, 7) is 0.0965. The van der Waals surface area contributed by atoms with Crippen LogP contribution in [-0.4, -0.2) is 59.5 Å². The minimum absolute atomic E-state index is 0.0965. The van der Waals surface area contributed by atoms with Crippen LogP contribution in [0.2, 0.25) is 0 Å². The molecule has 1 aliphatic carbocycles. The van der Waals surface area contributed by atoms with Crippen molar-refractivity contribution < 1.29 is 19.5 Å². The molecule has 0 saturated heterocycles. The molecule has 0 spiro atoms. The molecule has 0 heterocycles. The van der Waals surface area contributed by atoms with Gasteiger partial charge < -0.3 is 20.2 Å². The average molecular weight is 361 g/mol. The highest BCUT2D eigenvalue weighted by Gasteiger charge is 2.25. The summed E-state index contributed by atoms with van der Waals surface area (Å²) in [5.74, 6) is -1.07. The maximum Gasteiger partial charge on any atom is 0.321 e. The number of benzene rings is 1. The van der Waals surface area contributed by atoms with Crippen LogP contribution in [-0.2, 0) is 4.79 Å². The second kappa shape index (κ2) is 9.22. The first-order valence-electron chi connectivity index (χ1n) is 9.00. The summed E-state index contributed by atoms with van der Waals surface area (Å²) in [4.78, 5) is 38.9. The Hall–Kier alpha value is -2.57. The first-order valence-corrected chi connectivity index (χ1v) is 9.00. The van der Waals surface area contributed by atoms with E-state index in [0.717, 1.165) is 25.7 Å². The molecule has 142 valence electrons. The van der Waals surface area contributed by atoms with Crippen molar-refractivity contribution in [3.05, 3.63) is 29.8 Å². The van der Waals surface area contributed by atoms with Crippen LogP contribution in [0.3, 0.4) is 0 Å². The van der Waals surface area contributed by atoms with Crippen molar-refractivity contribution in [1.82, 2.24) is 9.80 Å². The highest BCUT2D eigenvalue weighted by Crippen LogP contribution is 2.25. The highest BCUT2D eigenvalue weighted by molar-refractivity contribution is 6.03. The zero-order valence-corrected chi connectivity index (χ0v) is 15.4. The van der Waals surface area contributed by atoms with E-state index in [1.165, 1.54) is 18.4 Å². The van der Waals surface area contributed by atoms with Gasteiger partial charge in [0, 0.05) is 26.7 Å². The maximum atomic E-state index is 12.9. The number of carbonyl (C=O) groups excluding carboxylic acids is 2. The molecule has 1 aromatic rings. The van der Waals surface area contributed by atoms with Crippen LogP contribution in [0.4, 0.5) is 10.5 Å². The Kier molecular flexibility index (Phi) is 7.00. The lowest BCUT2D eigenvalue weighted by Crippen LogP contribution is -2.39. The van der Waals surface area contributed by atoms with Gasteiger partial charge in [0.1, 0.15) is 0 Å². The largest absolute Gasteiger partial charge is 0.481 e. The molecular weight excluding hydrogens is 334 g/mol. The SMILES string of the molecule is CN(CCC(=O)O)C(=O)Nc1ccccc1C(=O)N(C)C1CCCCC1. The van der Waals surface area contributed by atoms with E-state index in [1.54, 1.807) is 29.2 Å². The minimum atomic E-state index is -0.964. The summed E-state index contributed by atoms with van der Waals surface area (Å²) in [5.41, 5.74) is 0.882. The Morgan fingerprint density at radius 1 is 1.12 bits per heavy atom. The number of rotatable bonds is 6. The number of carboxylic acid groups (broad SMARTS) is 1. The number of carbonyl (C=O) groups is 3. The lowest BCUT2D eigenvalue weighted by Gasteiger charge is -2.31. The van der Waals surface area contributed by atoms with Gasteiger partial charge in [-0.15, -0.1) is 0 Å². The van der Waals surface area contributed by atoms with Crippen molar-refractivity contribution >= 4 is 23.6 Å². The van der Waals surface area contributed by atoms with Gasteiger partial charge >= 0.3 is 12.0 Å². The van der Waals surface area contributed by atoms with E-state index in [2.05, 4.69) is 5.32 Å². The number of nitrogens with zero attached hydrogens (tertiary/aromatic N) is 2. The fourth-order valence-corrected chi connectivity index (χ4v) is 3.18. The molecule has 26 heavy (non-hydrogen) atoms.